The first-order valence-corrected chi connectivity index (χ1v) is 4.78. The van der Waals surface area contributed by atoms with E-state index >= 15 is 0 Å². The molecule has 1 fully saturated rings. The van der Waals surface area contributed by atoms with Gasteiger partial charge in [-0.3, -0.25) is 0 Å². The zero-order valence-electron chi connectivity index (χ0n) is 9.11. The molecule has 1 aliphatic rings. The maximum absolute atomic E-state index is 11.9. The predicted octanol–water partition coefficient (Wildman–Crippen LogP) is 0.953. The molecule has 1 radical (unpaired) electrons. The van der Waals surface area contributed by atoms with E-state index in [1.54, 1.807) is 27.7 Å². The molecule has 0 saturated carbocycles. The number of hydrogen-bond acceptors (Lipinski definition) is 3. The fraction of sp³-hybridized carbons (Fsp3) is 0.900. The van der Waals surface area contributed by atoms with E-state index in [1.807, 2.05) is 0 Å². The van der Waals surface area contributed by atoms with E-state index in [0.717, 1.165) is 5.06 Å². The fourth-order valence-corrected chi connectivity index (χ4v) is 2.50. The average molecular weight is 197 g/mol. The van der Waals surface area contributed by atoms with E-state index in [4.69, 9.17) is 5.26 Å². The SMILES string of the molecule is CC1(C)[C@@H](C#N)[C@H](CO)C(C)(C)N1[O]. The van der Waals surface area contributed by atoms with E-state index in [2.05, 4.69) is 6.07 Å². The number of aliphatic hydroxyl groups is 1. The van der Waals surface area contributed by atoms with Gasteiger partial charge in [-0.05, 0) is 27.7 Å². The lowest BCUT2D eigenvalue weighted by molar-refractivity contribution is -0.250. The molecule has 0 aromatic carbocycles. The summed E-state index contributed by atoms with van der Waals surface area (Å²) in [6, 6.07) is 2.14. The summed E-state index contributed by atoms with van der Waals surface area (Å²) >= 11 is 0. The Balaban J connectivity index is 3.15. The van der Waals surface area contributed by atoms with E-state index in [-0.39, 0.29) is 12.5 Å². The van der Waals surface area contributed by atoms with Gasteiger partial charge in [0.05, 0.1) is 23.1 Å². The lowest BCUT2D eigenvalue weighted by Gasteiger charge is -2.33. The molecule has 0 spiro atoms. The Bertz CT molecular complexity index is 268. The second-order valence-electron chi connectivity index (χ2n) is 5.00. The van der Waals surface area contributed by atoms with Crippen LogP contribution in [0.25, 0.3) is 0 Å². The molecule has 1 saturated heterocycles. The van der Waals surface area contributed by atoms with Crippen molar-refractivity contribution in [3.05, 3.63) is 0 Å². The van der Waals surface area contributed by atoms with Gasteiger partial charge in [0.1, 0.15) is 0 Å². The van der Waals surface area contributed by atoms with Crippen LogP contribution in [0.5, 0.6) is 0 Å². The maximum atomic E-state index is 11.9. The van der Waals surface area contributed by atoms with Crippen molar-refractivity contribution in [3.8, 4) is 6.07 Å². The van der Waals surface area contributed by atoms with E-state index in [0.29, 0.717) is 0 Å². The Morgan fingerprint density at radius 3 is 2.14 bits per heavy atom. The number of rotatable bonds is 1. The summed E-state index contributed by atoms with van der Waals surface area (Å²) in [4.78, 5) is 0. The van der Waals surface area contributed by atoms with Gasteiger partial charge in [-0.25, -0.2) is 0 Å². The molecule has 0 aliphatic carbocycles. The summed E-state index contributed by atoms with van der Waals surface area (Å²) in [5, 5.41) is 31.2. The van der Waals surface area contributed by atoms with Crippen LogP contribution in [0, 0.1) is 23.2 Å². The molecule has 0 unspecified atom stereocenters. The number of nitrogens with zero attached hydrogens (tertiary/aromatic N) is 2. The maximum Gasteiger partial charge on any atom is 0.0734 e. The Labute approximate surface area is 84.7 Å². The second kappa shape index (κ2) is 3.20. The standard InChI is InChI=1S/C10H17N2O2/c1-9(2)7(5-11)8(6-13)10(3,4)12(9)14/h7-8,13H,6H2,1-4H3/t7-,8-/m0/s1. The van der Waals surface area contributed by atoms with Crippen molar-refractivity contribution in [1.29, 1.82) is 5.26 Å². The quantitative estimate of drug-likeness (QED) is 0.680. The van der Waals surface area contributed by atoms with Crippen molar-refractivity contribution >= 4 is 0 Å². The van der Waals surface area contributed by atoms with Crippen molar-refractivity contribution in [2.45, 2.75) is 38.8 Å². The molecule has 0 bridgehead atoms. The third-order valence-electron chi connectivity index (χ3n) is 3.45. The second-order valence-corrected chi connectivity index (χ2v) is 5.00. The van der Waals surface area contributed by atoms with Gasteiger partial charge >= 0.3 is 0 Å². The van der Waals surface area contributed by atoms with E-state index in [9.17, 15) is 10.3 Å². The lowest BCUT2D eigenvalue weighted by Crippen LogP contribution is -2.47. The van der Waals surface area contributed by atoms with E-state index < -0.39 is 17.0 Å². The van der Waals surface area contributed by atoms with Gasteiger partial charge in [0.25, 0.3) is 0 Å². The highest BCUT2D eigenvalue weighted by Gasteiger charge is 2.59. The van der Waals surface area contributed by atoms with Crippen LogP contribution in [0.4, 0.5) is 0 Å². The van der Waals surface area contributed by atoms with Gasteiger partial charge < -0.3 is 5.11 Å². The molecular weight excluding hydrogens is 180 g/mol. The van der Waals surface area contributed by atoms with Crippen LogP contribution in [-0.2, 0) is 5.21 Å². The average Bonchev–Trinajstić information content (AvgIpc) is 2.22. The molecule has 4 nitrogen and oxygen atoms in total. The third-order valence-corrected chi connectivity index (χ3v) is 3.45. The van der Waals surface area contributed by atoms with Gasteiger partial charge in [0.2, 0.25) is 0 Å². The number of nitriles is 1. The highest BCUT2D eigenvalue weighted by atomic mass is 16.5. The van der Waals surface area contributed by atoms with Crippen LogP contribution >= 0.6 is 0 Å². The van der Waals surface area contributed by atoms with Crippen LogP contribution in [-0.4, -0.2) is 27.9 Å². The summed E-state index contributed by atoms with van der Waals surface area (Å²) in [5.74, 6) is -0.694. The Morgan fingerprint density at radius 1 is 1.36 bits per heavy atom. The van der Waals surface area contributed by atoms with Crippen molar-refractivity contribution in [3.63, 3.8) is 0 Å². The number of hydrogen-bond donors (Lipinski definition) is 1. The molecule has 0 aromatic rings. The normalized spacial score (nSPS) is 35.5. The first-order valence-electron chi connectivity index (χ1n) is 4.78. The van der Waals surface area contributed by atoms with Crippen molar-refractivity contribution in [2.75, 3.05) is 6.61 Å². The molecule has 4 heteroatoms. The molecule has 2 atom stereocenters. The minimum absolute atomic E-state index is 0.118. The van der Waals surface area contributed by atoms with Crippen LogP contribution in [0.3, 0.4) is 0 Å². The smallest absolute Gasteiger partial charge is 0.0734 e. The summed E-state index contributed by atoms with van der Waals surface area (Å²) in [6.45, 7) is 6.95. The summed E-state index contributed by atoms with van der Waals surface area (Å²) in [5.41, 5.74) is -1.38. The van der Waals surface area contributed by atoms with Gasteiger partial charge in [0.15, 0.2) is 0 Å². The summed E-state index contributed by atoms with van der Waals surface area (Å²) in [6.07, 6.45) is 0. The molecule has 1 N–H and O–H groups in total. The molecule has 0 aromatic heterocycles. The predicted molar refractivity (Wildman–Crippen MR) is 50.4 cm³/mol. The van der Waals surface area contributed by atoms with Gasteiger partial charge in [-0.2, -0.15) is 5.26 Å². The lowest BCUT2D eigenvalue weighted by atomic mass is 9.79. The van der Waals surface area contributed by atoms with Crippen LogP contribution < -0.4 is 0 Å². The van der Waals surface area contributed by atoms with Crippen LogP contribution in [0.1, 0.15) is 27.7 Å². The fourth-order valence-electron chi connectivity index (χ4n) is 2.50. The largest absolute Gasteiger partial charge is 0.396 e. The van der Waals surface area contributed by atoms with Crippen molar-refractivity contribution in [1.82, 2.24) is 5.06 Å². The number of aliphatic hydroxyl groups excluding tert-OH is 1. The molecule has 0 amide bonds. The summed E-state index contributed by atoms with van der Waals surface area (Å²) < 4.78 is 0. The molecular formula is C10H17N2O2. The van der Waals surface area contributed by atoms with Gasteiger partial charge in [0, 0.05) is 12.5 Å². The topological polar surface area (TPSA) is 67.2 Å². The molecule has 79 valence electrons. The zero-order valence-corrected chi connectivity index (χ0v) is 9.11. The monoisotopic (exact) mass is 197 g/mol. The minimum atomic E-state index is -0.717. The van der Waals surface area contributed by atoms with E-state index in [1.165, 1.54) is 0 Å². The molecule has 14 heavy (non-hydrogen) atoms. The molecule has 1 rings (SSSR count). The van der Waals surface area contributed by atoms with Gasteiger partial charge in [-0.1, -0.05) is 0 Å². The summed E-state index contributed by atoms with van der Waals surface area (Å²) in [7, 11) is 0. The Morgan fingerprint density at radius 2 is 1.86 bits per heavy atom. The minimum Gasteiger partial charge on any atom is -0.396 e. The van der Waals surface area contributed by atoms with Crippen molar-refractivity contribution < 1.29 is 10.3 Å². The molecule has 1 aliphatic heterocycles. The highest BCUT2D eigenvalue weighted by Crippen LogP contribution is 2.47. The first kappa shape index (κ1) is 11.4. The zero-order chi connectivity index (χ0) is 11.1. The Kier molecular flexibility index (Phi) is 2.61. The van der Waals surface area contributed by atoms with Crippen LogP contribution in [0.2, 0.25) is 0 Å². The third kappa shape index (κ3) is 1.24. The van der Waals surface area contributed by atoms with Crippen molar-refractivity contribution in [2.24, 2.45) is 11.8 Å². The number of hydroxylamine groups is 2. The Hall–Kier alpha value is -0.630. The first-order chi connectivity index (χ1) is 6.30. The van der Waals surface area contributed by atoms with Gasteiger partial charge in [-0.15, -0.1) is 10.3 Å². The highest BCUT2D eigenvalue weighted by molar-refractivity contribution is 5.14. The molecule has 1 heterocycles. The van der Waals surface area contributed by atoms with Crippen LogP contribution in [0.15, 0.2) is 0 Å².